The summed E-state index contributed by atoms with van der Waals surface area (Å²) in [6, 6.07) is 2.59. The Morgan fingerprint density at radius 3 is 3.12 bits per heavy atom. The molecule has 2 N–H and O–H groups in total. The maximum Gasteiger partial charge on any atom is 0.129 e. The summed E-state index contributed by atoms with van der Waals surface area (Å²) < 4.78 is 0. The van der Waals surface area contributed by atoms with Gasteiger partial charge in [-0.3, -0.25) is 0 Å². The van der Waals surface area contributed by atoms with Gasteiger partial charge in [-0.1, -0.05) is 13.8 Å². The number of nitrogens with zero attached hydrogens (tertiary/aromatic N) is 2. The van der Waals surface area contributed by atoms with Crippen molar-refractivity contribution in [2.45, 2.75) is 45.1 Å². The van der Waals surface area contributed by atoms with Crippen molar-refractivity contribution in [3.8, 4) is 0 Å². The first-order chi connectivity index (χ1) is 8.29. The first-order valence-electron chi connectivity index (χ1n) is 6.58. The average Bonchev–Trinajstić information content (AvgIpc) is 2.39. The number of hydrogen-bond acceptors (Lipinski definition) is 4. The van der Waals surface area contributed by atoms with Crippen LogP contribution in [0, 0.1) is 0 Å². The van der Waals surface area contributed by atoms with E-state index < -0.39 is 0 Å². The van der Waals surface area contributed by atoms with E-state index in [-0.39, 0.29) is 0 Å². The predicted molar refractivity (Wildman–Crippen MR) is 70.3 cm³/mol. The van der Waals surface area contributed by atoms with Gasteiger partial charge in [-0.2, -0.15) is 0 Å². The molecule has 2 atom stereocenters. The third-order valence-corrected chi connectivity index (χ3v) is 3.45. The zero-order valence-corrected chi connectivity index (χ0v) is 10.7. The van der Waals surface area contributed by atoms with Crippen molar-refractivity contribution >= 4 is 5.82 Å². The van der Waals surface area contributed by atoms with Gasteiger partial charge in [0.15, 0.2) is 0 Å². The van der Waals surface area contributed by atoms with E-state index in [0.717, 1.165) is 31.0 Å². The molecule has 1 fully saturated rings. The van der Waals surface area contributed by atoms with Crippen molar-refractivity contribution in [2.75, 3.05) is 18.4 Å². The molecule has 2 rings (SSSR count). The molecule has 1 aromatic rings. The fraction of sp³-hybridized carbons (Fsp3) is 0.692. The zero-order valence-electron chi connectivity index (χ0n) is 10.7. The van der Waals surface area contributed by atoms with Gasteiger partial charge in [0.1, 0.15) is 12.1 Å². The minimum atomic E-state index is 0.503. The highest BCUT2D eigenvalue weighted by atomic mass is 15.1. The molecule has 1 aliphatic rings. The molecule has 2 unspecified atom stereocenters. The van der Waals surface area contributed by atoms with Crippen molar-refractivity contribution in [1.82, 2.24) is 15.3 Å². The lowest BCUT2D eigenvalue weighted by molar-refractivity contribution is 0.479. The Morgan fingerprint density at radius 2 is 2.41 bits per heavy atom. The first-order valence-corrected chi connectivity index (χ1v) is 6.58. The highest BCUT2D eigenvalue weighted by Gasteiger charge is 2.13. The summed E-state index contributed by atoms with van der Waals surface area (Å²) in [5.74, 6) is 1.46. The molecular weight excluding hydrogens is 212 g/mol. The number of anilines is 1. The largest absolute Gasteiger partial charge is 0.366 e. The lowest BCUT2D eigenvalue weighted by Gasteiger charge is -2.24. The van der Waals surface area contributed by atoms with Gasteiger partial charge >= 0.3 is 0 Å². The van der Waals surface area contributed by atoms with E-state index >= 15 is 0 Å². The Kier molecular flexibility index (Phi) is 4.31. The summed E-state index contributed by atoms with van der Waals surface area (Å²) in [6.07, 6.45) is 5.23. The molecule has 1 aromatic heterocycles. The molecule has 94 valence electrons. The van der Waals surface area contributed by atoms with Crippen LogP contribution < -0.4 is 10.6 Å². The normalized spacial score (nSPS) is 22.1. The quantitative estimate of drug-likeness (QED) is 0.838. The maximum absolute atomic E-state index is 4.34. The number of hydrogen-bond donors (Lipinski definition) is 2. The fourth-order valence-corrected chi connectivity index (χ4v) is 2.11. The van der Waals surface area contributed by atoms with Crippen molar-refractivity contribution in [3.05, 3.63) is 18.1 Å². The van der Waals surface area contributed by atoms with E-state index in [1.807, 2.05) is 0 Å². The molecule has 4 nitrogen and oxygen atoms in total. The van der Waals surface area contributed by atoms with Crippen LogP contribution in [0.3, 0.4) is 0 Å². The maximum atomic E-state index is 4.34. The summed E-state index contributed by atoms with van der Waals surface area (Å²) >= 11 is 0. The predicted octanol–water partition coefficient (Wildman–Crippen LogP) is 2.15. The fourth-order valence-electron chi connectivity index (χ4n) is 2.11. The van der Waals surface area contributed by atoms with Crippen LogP contribution in [0.5, 0.6) is 0 Å². The summed E-state index contributed by atoms with van der Waals surface area (Å²) in [7, 11) is 0. The van der Waals surface area contributed by atoms with Gasteiger partial charge in [0.2, 0.25) is 0 Å². The van der Waals surface area contributed by atoms with Crippen LogP contribution >= 0.6 is 0 Å². The molecule has 4 heteroatoms. The van der Waals surface area contributed by atoms with Crippen molar-refractivity contribution in [1.29, 1.82) is 0 Å². The Bertz CT molecular complexity index is 347. The van der Waals surface area contributed by atoms with Crippen molar-refractivity contribution < 1.29 is 0 Å². The number of aromatic nitrogens is 2. The van der Waals surface area contributed by atoms with Crippen LogP contribution in [0.4, 0.5) is 5.82 Å². The average molecular weight is 234 g/mol. The standard InChI is InChI=1S/C13H22N4/c1-3-10(2)12-7-13(16-9-15-12)17-11-5-4-6-14-8-11/h7,9-11,14H,3-6,8H2,1-2H3,(H,15,16,17). The molecule has 0 aromatic carbocycles. The third-order valence-electron chi connectivity index (χ3n) is 3.45. The van der Waals surface area contributed by atoms with Gasteiger partial charge in [-0.25, -0.2) is 9.97 Å². The minimum Gasteiger partial charge on any atom is -0.366 e. The third kappa shape index (κ3) is 3.40. The minimum absolute atomic E-state index is 0.503. The molecule has 2 heterocycles. The second-order valence-electron chi connectivity index (χ2n) is 4.83. The lowest BCUT2D eigenvalue weighted by atomic mass is 10.0. The smallest absolute Gasteiger partial charge is 0.129 e. The van der Waals surface area contributed by atoms with E-state index in [9.17, 15) is 0 Å². The molecule has 0 spiro atoms. The second kappa shape index (κ2) is 5.96. The molecule has 0 bridgehead atoms. The van der Waals surface area contributed by atoms with E-state index in [1.54, 1.807) is 6.33 Å². The van der Waals surface area contributed by atoms with Crippen molar-refractivity contribution in [3.63, 3.8) is 0 Å². The Balaban J connectivity index is 2.00. The summed E-state index contributed by atoms with van der Waals surface area (Å²) in [5, 5.41) is 6.88. The van der Waals surface area contributed by atoms with Gasteiger partial charge in [0.05, 0.1) is 0 Å². The number of piperidine rings is 1. The van der Waals surface area contributed by atoms with Crippen LogP contribution in [0.1, 0.15) is 44.7 Å². The van der Waals surface area contributed by atoms with Gasteiger partial charge in [-0.05, 0) is 31.7 Å². The van der Waals surface area contributed by atoms with Crippen molar-refractivity contribution in [2.24, 2.45) is 0 Å². The highest BCUT2D eigenvalue weighted by molar-refractivity contribution is 5.37. The Hall–Kier alpha value is -1.16. The summed E-state index contributed by atoms with van der Waals surface area (Å²) in [5.41, 5.74) is 1.13. The summed E-state index contributed by atoms with van der Waals surface area (Å²) in [4.78, 5) is 8.64. The molecule has 0 amide bonds. The Morgan fingerprint density at radius 1 is 1.53 bits per heavy atom. The molecule has 1 saturated heterocycles. The lowest BCUT2D eigenvalue weighted by Crippen LogP contribution is -2.38. The number of nitrogens with one attached hydrogen (secondary N) is 2. The van der Waals surface area contributed by atoms with Crippen LogP contribution in [-0.4, -0.2) is 29.1 Å². The SMILES string of the molecule is CCC(C)c1cc(NC2CCCNC2)ncn1. The Labute approximate surface area is 103 Å². The molecule has 0 aliphatic carbocycles. The number of rotatable bonds is 4. The van der Waals surface area contributed by atoms with E-state index in [0.29, 0.717) is 12.0 Å². The van der Waals surface area contributed by atoms with Gasteiger partial charge in [-0.15, -0.1) is 0 Å². The monoisotopic (exact) mass is 234 g/mol. The van der Waals surface area contributed by atoms with Gasteiger partial charge in [0.25, 0.3) is 0 Å². The first kappa shape index (κ1) is 12.3. The molecule has 17 heavy (non-hydrogen) atoms. The second-order valence-corrected chi connectivity index (χ2v) is 4.83. The molecular formula is C13H22N4. The molecule has 1 aliphatic heterocycles. The van der Waals surface area contributed by atoms with Gasteiger partial charge in [0, 0.05) is 24.3 Å². The van der Waals surface area contributed by atoms with E-state index in [2.05, 4.69) is 40.5 Å². The molecule has 0 saturated carbocycles. The van der Waals surface area contributed by atoms with Gasteiger partial charge < -0.3 is 10.6 Å². The van der Waals surface area contributed by atoms with E-state index in [1.165, 1.54) is 12.8 Å². The van der Waals surface area contributed by atoms with Crippen LogP contribution in [0.2, 0.25) is 0 Å². The molecule has 0 radical (unpaired) electrons. The topological polar surface area (TPSA) is 49.8 Å². The zero-order chi connectivity index (χ0) is 12.1. The van der Waals surface area contributed by atoms with Crippen LogP contribution in [0.25, 0.3) is 0 Å². The van der Waals surface area contributed by atoms with Crippen LogP contribution in [0.15, 0.2) is 12.4 Å². The van der Waals surface area contributed by atoms with E-state index in [4.69, 9.17) is 0 Å². The highest BCUT2D eigenvalue weighted by Crippen LogP contribution is 2.18. The van der Waals surface area contributed by atoms with Crippen LogP contribution in [-0.2, 0) is 0 Å². The summed E-state index contributed by atoms with van der Waals surface area (Å²) in [6.45, 7) is 6.56.